The Morgan fingerprint density at radius 3 is 1.81 bits per heavy atom. The quantitative estimate of drug-likeness (QED) is 0.770. The average Bonchev–Trinajstić information content (AvgIpc) is 2.12. The Kier molecular flexibility index (Phi) is 3.39. The predicted octanol–water partition coefficient (Wildman–Crippen LogP) is 1.78. The van der Waals surface area contributed by atoms with Gasteiger partial charge in [-0.25, -0.2) is 0 Å². The minimum atomic E-state index is 0.0558. The Bertz CT molecular complexity index is 266. The highest BCUT2D eigenvalue weighted by Gasteiger charge is 2.61. The number of nitrogens with one attached hydrogen (secondary N) is 2. The molecule has 0 aromatic carbocycles. The Hall–Kier alpha value is -0.570. The number of carbonyl (C=O) groups is 1. The second-order valence-electron chi connectivity index (χ2n) is 6.46. The van der Waals surface area contributed by atoms with Crippen LogP contribution in [-0.2, 0) is 4.79 Å². The molecule has 0 unspecified atom stereocenters. The Labute approximate surface area is 99.4 Å². The zero-order valence-corrected chi connectivity index (χ0v) is 11.6. The Morgan fingerprint density at radius 1 is 1.06 bits per heavy atom. The molecule has 1 aliphatic carbocycles. The third kappa shape index (κ3) is 1.86. The molecular weight excluding hydrogens is 200 g/mol. The van der Waals surface area contributed by atoms with Gasteiger partial charge in [0.05, 0.1) is 0 Å². The van der Waals surface area contributed by atoms with Gasteiger partial charge in [-0.05, 0) is 7.05 Å². The Morgan fingerprint density at radius 2 is 1.50 bits per heavy atom. The van der Waals surface area contributed by atoms with Crippen LogP contribution in [0.25, 0.3) is 0 Å². The fraction of sp³-hybridized carbons (Fsp3) is 0.923. The first kappa shape index (κ1) is 13.5. The summed E-state index contributed by atoms with van der Waals surface area (Å²) in [5.74, 6) is 0.209. The van der Waals surface area contributed by atoms with Crippen LogP contribution >= 0.6 is 0 Å². The topological polar surface area (TPSA) is 41.1 Å². The lowest BCUT2D eigenvalue weighted by Crippen LogP contribution is -2.76. The van der Waals surface area contributed by atoms with Crippen LogP contribution < -0.4 is 10.6 Å². The van der Waals surface area contributed by atoms with Gasteiger partial charge in [0.1, 0.15) is 0 Å². The van der Waals surface area contributed by atoms with Gasteiger partial charge < -0.3 is 10.6 Å². The van der Waals surface area contributed by atoms with Crippen molar-refractivity contribution in [2.75, 3.05) is 7.05 Å². The number of hydrogen-bond donors (Lipinski definition) is 2. The molecule has 16 heavy (non-hydrogen) atoms. The molecule has 0 saturated heterocycles. The van der Waals surface area contributed by atoms with Gasteiger partial charge in [-0.15, -0.1) is 0 Å². The molecule has 0 heterocycles. The van der Waals surface area contributed by atoms with E-state index in [4.69, 9.17) is 0 Å². The first-order valence-corrected chi connectivity index (χ1v) is 6.13. The van der Waals surface area contributed by atoms with Gasteiger partial charge in [-0.2, -0.15) is 0 Å². The maximum Gasteiger partial charge on any atom is 0.222 e. The van der Waals surface area contributed by atoms with Gasteiger partial charge in [-0.3, -0.25) is 4.79 Å². The standard InChI is InChI=1S/C13H26N2O/c1-8(2)9(16)15-11-12(3,4)10(14-7)13(11,5)6/h8,10-11,14H,1-7H3,(H,15,16). The fourth-order valence-electron chi connectivity index (χ4n) is 3.58. The minimum absolute atomic E-state index is 0.0558. The summed E-state index contributed by atoms with van der Waals surface area (Å²) in [6.07, 6.45) is 0. The summed E-state index contributed by atoms with van der Waals surface area (Å²) >= 11 is 0. The van der Waals surface area contributed by atoms with Crippen LogP contribution in [0.1, 0.15) is 41.5 Å². The van der Waals surface area contributed by atoms with E-state index in [2.05, 4.69) is 38.3 Å². The second kappa shape index (κ2) is 4.02. The molecule has 0 aromatic heterocycles. The van der Waals surface area contributed by atoms with E-state index in [0.29, 0.717) is 6.04 Å². The van der Waals surface area contributed by atoms with Crippen LogP contribution in [-0.4, -0.2) is 25.0 Å². The summed E-state index contributed by atoms with van der Waals surface area (Å²) in [4.78, 5) is 11.8. The van der Waals surface area contributed by atoms with Gasteiger partial charge in [0, 0.05) is 28.8 Å². The van der Waals surface area contributed by atoms with Crippen molar-refractivity contribution >= 4 is 5.91 Å². The van der Waals surface area contributed by atoms with Gasteiger partial charge in [-0.1, -0.05) is 41.5 Å². The lowest BCUT2D eigenvalue weighted by molar-refractivity contribution is -0.137. The van der Waals surface area contributed by atoms with Crippen molar-refractivity contribution in [2.45, 2.75) is 53.6 Å². The maximum atomic E-state index is 11.8. The minimum Gasteiger partial charge on any atom is -0.352 e. The molecule has 0 bridgehead atoms. The van der Waals surface area contributed by atoms with Gasteiger partial charge in [0.15, 0.2) is 0 Å². The molecular formula is C13H26N2O. The van der Waals surface area contributed by atoms with E-state index >= 15 is 0 Å². The molecule has 0 spiro atoms. The molecule has 94 valence electrons. The Balaban J connectivity index is 2.78. The van der Waals surface area contributed by atoms with Crippen LogP contribution in [0.2, 0.25) is 0 Å². The molecule has 3 heteroatoms. The van der Waals surface area contributed by atoms with Gasteiger partial charge in [0.25, 0.3) is 0 Å². The van der Waals surface area contributed by atoms with Crippen molar-refractivity contribution in [3.05, 3.63) is 0 Å². The van der Waals surface area contributed by atoms with Crippen LogP contribution in [0.5, 0.6) is 0 Å². The highest BCUT2D eigenvalue weighted by atomic mass is 16.1. The molecule has 2 N–H and O–H groups in total. The SMILES string of the molecule is CNC1C(C)(C)C(NC(=O)C(C)C)C1(C)C. The van der Waals surface area contributed by atoms with Crippen molar-refractivity contribution in [1.82, 2.24) is 10.6 Å². The molecule has 0 atom stereocenters. The van der Waals surface area contributed by atoms with E-state index in [9.17, 15) is 4.79 Å². The first-order valence-electron chi connectivity index (χ1n) is 6.13. The van der Waals surface area contributed by atoms with E-state index in [-0.39, 0.29) is 28.7 Å². The average molecular weight is 226 g/mol. The molecule has 1 amide bonds. The van der Waals surface area contributed by atoms with Crippen molar-refractivity contribution in [1.29, 1.82) is 0 Å². The highest BCUT2D eigenvalue weighted by molar-refractivity contribution is 5.78. The fourth-order valence-corrected chi connectivity index (χ4v) is 3.58. The molecule has 0 aliphatic heterocycles. The van der Waals surface area contributed by atoms with Gasteiger partial charge in [0.2, 0.25) is 5.91 Å². The summed E-state index contributed by atoms with van der Waals surface area (Å²) in [6, 6.07) is 0.685. The summed E-state index contributed by atoms with van der Waals surface area (Å²) < 4.78 is 0. The van der Waals surface area contributed by atoms with Crippen LogP contribution in [0.4, 0.5) is 0 Å². The lowest BCUT2D eigenvalue weighted by atomic mass is 9.48. The molecule has 0 aromatic rings. The highest BCUT2D eigenvalue weighted by Crippen LogP contribution is 2.53. The van der Waals surface area contributed by atoms with Crippen molar-refractivity contribution in [2.24, 2.45) is 16.7 Å². The summed E-state index contributed by atoms with van der Waals surface area (Å²) in [7, 11) is 1.99. The largest absolute Gasteiger partial charge is 0.352 e. The van der Waals surface area contributed by atoms with E-state index < -0.39 is 0 Å². The van der Waals surface area contributed by atoms with Gasteiger partial charge >= 0.3 is 0 Å². The summed E-state index contributed by atoms with van der Waals surface area (Å²) in [6.45, 7) is 12.7. The summed E-state index contributed by atoms with van der Waals surface area (Å²) in [5, 5.41) is 6.54. The number of carbonyl (C=O) groups excluding carboxylic acids is 1. The zero-order valence-electron chi connectivity index (χ0n) is 11.6. The normalized spacial score (nSPS) is 31.0. The lowest BCUT2D eigenvalue weighted by Gasteiger charge is -2.64. The van der Waals surface area contributed by atoms with E-state index in [0.717, 1.165) is 0 Å². The monoisotopic (exact) mass is 226 g/mol. The molecule has 0 radical (unpaired) electrons. The van der Waals surface area contributed by atoms with Crippen molar-refractivity contribution < 1.29 is 4.79 Å². The molecule has 3 nitrogen and oxygen atoms in total. The van der Waals surface area contributed by atoms with E-state index in [1.807, 2.05) is 20.9 Å². The van der Waals surface area contributed by atoms with Crippen LogP contribution in [0, 0.1) is 16.7 Å². The third-order valence-electron chi connectivity index (χ3n) is 4.08. The molecule has 1 rings (SSSR count). The zero-order chi connectivity index (χ0) is 12.7. The van der Waals surface area contributed by atoms with Crippen LogP contribution in [0.15, 0.2) is 0 Å². The molecule has 1 aliphatic rings. The smallest absolute Gasteiger partial charge is 0.222 e. The van der Waals surface area contributed by atoms with E-state index in [1.54, 1.807) is 0 Å². The maximum absolute atomic E-state index is 11.8. The van der Waals surface area contributed by atoms with Crippen molar-refractivity contribution in [3.8, 4) is 0 Å². The number of amides is 1. The first-order chi connectivity index (χ1) is 7.15. The molecule has 1 fully saturated rings. The summed E-state index contributed by atoms with van der Waals surface area (Å²) in [5.41, 5.74) is 0.228. The predicted molar refractivity (Wildman–Crippen MR) is 67.2 cm³/mol. The second-order valence-corrected chi connectivity index (χ2v) is 6.46. The third-order valence-corrected chi connectivity index (χ3v) is 4.08. The number of rotatable bonds is 3. The van der Waals surface area contributed by atoms with Crippen LogP contribution in [0.3, 0.4) is 0 Å². The van der Waals surface area contributed by atoms with E-state index in [1.165, 1.54) is 0 Å². The molecule has 1 saturated carbocycles. The van der Waals surface area contributed by atoms with Crippen molar-refractivity contribution in [3.63, 3.8) is 0 Å². The number of hydrogen-bond acceptors (Lipinski definition) is 2.